The van der Waals surface area contributed by atoms with Crippen LogP contribution in [0.1, 0.15) is 32.3 Å². The molecule has 3 heteroatoms. The summed E-state index contributed by atoms with van der Waals surface area (Å²) >= 11 is 0. The van der Waals surface area contributed by atoms with Gasteiger partial charge in [0.25, 0.3) is 0 Å². The van der Waals surface area contributed by atoms with E-state index in [0.717, 1.165) is 38.5 Å². The highest BCUT2D eigenvalue weighted by atomic mass is 28.3. The molecule has 0 spiro atoms. The summed E-state index contributed by atoms with van der Waals surface area (Å²) in [7, 11) is -1.45. The Morgan fingerprint density at radius 3 is 2.43 bits per heavy atom. The second-order valence-corrected chi connectivity index (χ2v) is 7.45. The largest absolute Gasteiger partial charge is 0.397 e. The highest BCUT2D eigenvalue weighted by molar-refractivity contribution is 6.44. The van der Waals surface area contributed by atoms with Gasteiger partial charge in [0.2, 0.25) is 0 Å². The van der Waals surface area contributed by atoms with Crippen molar-refractivity contribution in [1.82, 2.24) is 0 Å². The molecule has 0 heterocycles. The van der Waals surface area contributed by atoms with Crippen LogP contribution in [0.3, 0.4) is 0 Å². The molecule has 0 aromatic heterocycles. The highest BCUT2D eigenvalue weighted by Gasteiger charge is 2.12. The van der Waals surface area contributed by atoms with Crippen molar-refractivity contribution in [3.63, 3.8) is 0 Å². The van der Waals surface area contributed by atoms with Crippen molar-refractivity contribution in [2.24, 2.45) is 0 Å². The first-order valence-corrected chi connectivity index (χ1v) is 9.81. The van der Waals surface area contributed by atoms with Gasteiger partial charge in [0.15, 0.2) is 0 Å². The summed E-state index contributed by atoms with van der Waals surface area (Å²) in [6.45, 7) is 5.96. The molecule has 1 unspecified atom stereocenters. The third-order valence-corrected chi connectivity index (χ3v) is 5.85. The van der Waals surface area contributed by atoms with E-state index in [9.17, 15) is 0 Å². The number of benzene rings is 2. The van der Waals surface area contributed by atoms with Gasteiger partial charge in [-0.15, -0.1) is 0 Å². The molecular formula is C18H26O2Si. The van der Waals surface area contributed by atoms with E-state index in [1.165, 1.54) is 16.3 Å². The number of hydrogen-bond donors (Lipinski definition) is 0. The Bertz CT molecular complexity index is 536. The lowest BCUT2D eigenvalue weighted by Crippen LogP contribution is -2.24. The van der Waals surface area contributed by atoms with Gasteiger partial charge in [-0.3, -0.25) is 0 Å². The topological polar surface area (TPSA) is 18.5 Å². The van der Waals surface area contributed by atoms with Gasteiger partial charge in [0.1, 0.15) is 0 Å². The maximum Gasteiger partial charge on any atom is 0.321 e. The molecule has 0 fully saturated rings. The molecule has 0 radical (unpaired) electrons. The van der Waals surface area contributed by atoms with Gasteiger partial charge in [0.05, 0.1) is 0 Å². The molecule has 0 saturated carbocycles. The Balaban J connectivity index is 1.91. The fourth-order valence-corrected chi connectivity index (χ4v) is 4.29. The van der Waals surface area contributed by atoms with Crippen LogP contribution in [0, 0.1) is 0 Å². The monoisotopic (exact) mass is 302 g/mol. The number of hydrogen-bond acceptors (Lipinski definition) is 2. The van der Waals surface area contributed by atoms with Gasteiger partial charge >= 0.3 is 9.28 Å². The first kappa shape index (κ1) is 16.2. The Kier molecular flexibility index (Phi) is 6.93. The standard InChI is InChI=1S/C18H26O2Si/c1-3-13-19-21(15-4-2)20-14-12-17-10-7-9-16-8-5-6-11-18(16)17/h5-11,21H,3-4,12-15H2,1-2H3. The van der Waals surface area contributed by atoms with Crippen LogP contribution < -0.4 is 0 Å². The van der Waals surface area contributed by atoms with E-state index in [1.54, 1.807) is 0 Å². The van der Waals surface area contributed by atoms with E-state index >= 15 is 0 Å². The molecule has 0 aliphatic carbocycles. The molecule has 0 aliphatic heterocycles. The SMILES string of the molecule is CCCO[SiH](CCC)OCCc1cccc2ccccc12. The first-order chi connectivity index (χ1) is 10.3. The molecule has 2 nitrogen and oxygen atoms in total. The number of fused-ring (bicyclic) bond motifs is 1. The zero-order valence-corrected chi connectivity index (χ0v) is 14.3. The lowest BCUT2D eigenvalue weighted by atomic mass is 10.0. The fraction of sp³-hybridized carbons (Fsp3) is 0.444. The summed E-state index contributed by atoms with van der Waals surface area (Å²) in [5, 5.41) is 2.64. The van der Waals surface area contributed by atoms with Gasteiger partial charge < -0.3 is 8.85 Å². The normalized spacial score (nSPS) is 12.7. The second-order valence-electron chi connectivity index (χ2n) is 5.35. The lowest BCUT2D eigenvalue weighted by Gasteiger charge is -2.16. The molecule has 0 N–H and O–H groups in total. The molecular weight excluding hydrogens is 276 g/mol. The van der Waals surface area contributed by atoms with E-state index < -0.39 is 9.28 Å². The quantitative estimate of drug-likeness (QED) is 0.637. The van der Waals surface area contributed by atoms with Crippen LogP contribution in [0.2, 0.25) is 6.04 Å². The smallest absolute Gasteiger partial charge is 0.321 e. The molecule has 2 aromatic carbocycles. The van der Waals surface area contributed by atoms with Crippen LogP contribution in [0.15, 0.2) is 42.5 Å². The zero-order chi connectivity index (χ0) is 14.9. The van der Waals surface area contributed by atoms with Gasteiger partial charge in [-0.05, 0) is 35.2 Å². The van der Waals surface area contributed by atoms with Crippen molar-refractivity contribution < 1.29 is 8.85 Å². The molecule has 0 aliphatic rings. The van der Waals surface area contributed by atoms with E-state index in [2.05, 4.69) is 56.3 Å². The van der Waals surface area contributed by atoms with Gasteiger partial charge in [-0.25, -0.2) is 0 Å². The fourth-order valence-electron chi connectivity index (χ4n) is 2.51. The predicted molar refractivity (Wildman–Crippen MR) is 92.1 cm³/mol. The number of rotatable bonds is 9. The van der Waals surface area contributed by atoms with Gasteiger partial charge in [0, 0.05) is 13.2 Å². The van der Waals surface area contributed by atoms with Crippen molar-refractivity contribution in [3.05, 3.63) is 48.0 Å². The summed E-state index contributed by atoms with van der Waals surface area (Å²) in [4.78, 5) is 0. The van der Waals surface area contributed by atoms with E-state index in [1.807, 2.05) is 0 Å². The summed E-state index contributed by atoms with van der Waals surface area (Å²) in [5.74, 6) is 0. The Labute approximate surface area is 129 Å². The molecule has 0 amide bonds. The molecule has 0 bridgehead atoms. The van der Waals surface area contributed by atoms with Crippen molar-refractivity contribution >= 4 is 20.1 Å². The third kappa shape index (κ3) is 4.95. The highest BCUT2D eigenvalue weighted by Crippen LogP contribution is 2.19. The van der Waals surface area contributed by atoms with Crippen molar-refractivity contribution in [1.29, 1.82) is 0 Å². The van der Waals surface area contributed by atoms with Crippen LogP contribution >= 0.6 is 0 Å². The molecule has 1 atom stereocenters. The maximum absolute atomic E-state index is 6.05. The minimum Gasteiger partial charge on any atom is -0.397 e. The van der Waals surface area contributed by atoms with E-state index in [0.29, 0.717) is 0 Å². The Morgan fingerprint density at radius 2 is 1.62 bits per heavy atom. The minimum absolute atomic E-state index is 0.772. The van der Waals surface area contributed by atoms with Gasteiger partial charge in [-0.2, -0.15) is 0 Å². The van der Waals surface area contributed by atoms with Crippen molar-refractivity contribution in [2.75, 3.05) is 13.2 Å². The molecule has 114 valence electrons. The predicted octanol–water partition coefficient (Wildman–Crippen LogP) is 4.46. The van der Waals surface area contributed by atoms with E-state index in [-0.39, 0.29) is 0 Å². The minimum atomic E-state index is -1.45. The third-order valence-electron chi connectivity index (χ3n) is 3.59. The Morgan fingerprint density at radius 1 is 0.857 bits per heavy atom. The first-order valence-electron chi connectivity index (χ1n) is 8.05. The summed E-state index contributed by atoms with van der Waals surface area (Å²) < 4.78 is 11.9. The zero-order valence-electron chi connectivity index (χ0n) is 13.2. The van der Waals surface area contributed by atoms with Crippen molar-refractivity contribution in [2.45, 2.75) is 39.2 Å². The van der Waals surface area contributed by atoms with Gasteiger partial charge in [-0.1, -0.05) is 62.7 Å². The summed E-state index contributed by atoms with van der Waals surface area (Å²) in [6, 6.07) is 16.2. The van der Waals surface area contributed by atoms with Crippen LogP contribution in [0.25, 0.3) is 10.8 Å². The molecule has 2 aromatic rings. The summed E-state index contributed by atoms with van der Waals surface area (Å²) in [5.41, 5.74) is 1.37. The van der Waals surface area contributed by atoms with Crippen LogP contribution in [0.4, 0.5) is 0 Å². The van der Waals surface area contributed by atoms with Crippen LogP contribution in [-0.4, -0.2) is 22.5 Å². The Hall–Kier alpha value is -1.16. The average molecular weight is 302 g/mol. The molecule has 0 saturated heterocycles. The average Bonchev–Trinajstić information content (AvgIpc) is 2.53. The van der Waals surface area contributed by atoms with Crippen LogP contribution in [0.5, 0.6) is 0 Å². The van der Waals surface area contributed by atoms with Crippen LogP contribution in [-0.2, 0) is 15.3 Å². The van der Waals surface area contributed by atoms with E-state index in [4.69, 9.17) is 8.85 Å². The molecule has 2 rings (SSSR count). The van der Waals surface area contributed by atoms with Crippen molar-refractivity contribution in [3.8, 4) is 0 Å². The maximum atomic E-state index is 6.05. The molecule has 21 heavy (non-hydrogen) atoms. The summed E-state index contributed by atoms with van der Waals surface area (Å²) in [6.07, 6.45) is 3.18. The second kappa shape index (κ2) is 8.98. The lowest BCUT2D eigenvalue weighted by molar-refractivity contribution is 0.198.